The second-order valence-electron chi connectivity index (χ2n) is 12.6. The smallest absolute Gasteiger partial charge is 0.160 e. The van der Waals surface area contributed by atoms with Crippen molar-refractivity contribution in [1.29, 1.82) is 0 Å². The Morgan fingerprint density at radius 1 is 0.340 bits per heavy atom. The fourth-order valence-electron chi connectivity index (χ4n) is 7.51. The third kappa shape index (κ3) is 4.46. The molecule has 0 N–H and O–H groups in total. The average molecular weight is 639 g/mol. The molecule has 0 radical (unpaired) electrons. The summed E-state index contributed by atoms with van der Waals surface area (Å²) in [5.74, 6) is 0.690. The number of benzene rings is 7. The molecule has 0 spiro atoms. The summed E-state index contributed by atoms with van der Waals surface area (Å²) < 4.78 is 4.83. The lowest BCUT2D eigenvalue weighted by atomic mass is 10.1. The second kappa shape index (κ2) is 11.4. The molecule has 3 aromatic heterocycles. The van der Waals surface area contributed by atoms with Crippen LogP contribution in [0.5, 0.6) is 0 Å². The van der Waals surface area contributed by atoms with Crippen LogP contribution in [-0.2, 0) is 0 Å². The van der Waals surface area contributed by atoms with Crippen molar-refractivity contribution < 1.29 is 0 Å². The highest BCUT2D eigenvalue weighted by molar-refractivity contribution is 6.15. The Morgan fingerprint density at radius 3 is 1.40 bits per heavy atom. The minimum Gasteiger partial charge on any atom is -0.307 e. The van der Waals surface area contributed by atoms with Crippen molar-refractivity contribution in [1.82, 2.24) is 19.1 Å². The molecule has 0 aliphatic heterocycles. The summed E-state index contributed by atoms with van der Waals surface area (Å²) in [7, 11) is 0. The standard InChI is InChI=1S/C46H30N4/c1-3-15-31(16-4-1)39-30-40(32-17-5-2-6-18-32)48-46(47-39)33-19-13-20-34(29-33)49-41-25-10-9-23-37(41)38-24-14-28-44(45(38)49)50-42-26-11-7-21-35(42)36-22-8-12-27-43(36)50/h1-30H. The van der Waals surface area contributed by atoms with E-state index in [2.05, 4.69) is 179 Å². The van der Waals surface area contributed by atoms with E-state index in [4.69, 9.17) is 9.97 Å². The van der Waals surface area contributed by atoms with Gasteiger partial charge in [0.1, 0.15) is 0 Å². The first kappa shape index (κ1) is 28.3. The van der Waals surface area contributed by atoms with Gasteiger partial charge in [-0.1, -0.05) is 140 Å². The monoisotopic (exact) mass is 638 g/mol. The molecule has 10 rings (SSSR count). The fourth-order valence-corrected chi connectivity index (χ4v) is 7.51. The lowest BCUT2D eigenvalue weighted by molar-refractivity contribution is 1.13. The molecule has 7 aromatic carbocycles. The number of hydrogen-bond donors (Lipinski definition) is 0. The van der Waals surface area contributed by atoms with Crippen molar-refractivity contribution in [3.8, 4) is 45.3 Å². The van der Waals surface area contributed by atoms with Gasteiger partial charge in [-0.2, -0.15) is 0 Å². The summed E-state index contributed by atoms with van der Waals surface area (Å²) in [6, 6.07) is 64.2. The molecule has 0 bridgehead atoms. The van der Waals surface area contributed by atoms with Crippen LogP contribution in [0, 0.1) is 0 Å². The molecule has 0 saturated heterocycles. The predicted molar refractivity (Wildman–Crippen MR) is 207 cm³/mol. The van der Waals surface area contributed by atoms with E-state index in [1.807, 2.05) is 12.1 Å². The largest absolute Gasteiger partial charge is 0.307 e. The minimum atomic E-state index is 0.690. The van der Waals surface area contributed by atoms with Gasteiger partial charge in [0.25, 0.3) is 0 Å². The summed E-state index contributed by atoms with van der Waals surface area (Å²) in [5, 5.41) is 4.91. The normalized spacial score (nSPS) is 11.6. The van der Waals surface area contributed by atoms with E-state index in [1.54, 1.807) is 0 Å². The molecular weight excluding hydrogens is 609 g/mol. The number of aromatic nitrogens is 4. The van der Waals surface area contributed by atoms with Gasteiger partial charge in [-0.15, -0.1) is 0 Å². The van der Waals surface area contributed by atoms with Crippen LogP contribution >= 0.6 is 0 Å². The molecule has 0 amide bonds. The second-order valence-corrected chi connectivity index (χ2v) is 12.6. The maximum atomic E-state index is 5.15. The average Bonchev–Trinajstić information content (AvgIpc) is 3.72. The predicted octanol–water partition coefficient (Wildman–Crippen LogP) is 11.7. The summed E-state index contributed by atoms with van der Waals surface area (Å²) in [4.78, 5) is 10.3. The molecule has 0 saturated carbocycles. The van der Waals surface area contributed by atoms with E-state index in [9.17, 15) is 0 Å². The van der Waals surface area contributed by atoms with Crippen molar-refractivity contribution in [3.63, 3.8) is 0 Å². The lowest BCUT2D eigenvalue weighted by Gasteiger charge is -2.15. The molecule has 10 aromatic rings. The third-order valence-corrected chi connectivity index (χ3v) is 9.72. The van der Waals surface area contributed by atoms with Gasteiger partial charge in [-0.05, 0) is 42.5 Å². The van der Waals surface area contributed by atoms with Crippen molar-refractivity contribution in [2.75, 3.05) is 0 Å². The summed E-state index contributed by atoms with van der Waals surface area (Å²) in [5.41, 5.74) is 11.7. The number of fused-ring (bicyclic) bond motifs is 6. The van der Waals surface area contributed by atoms with E-state index in [-0.39, 0.29) is 0 Å². The highest BCUT2D eigenvalue weighted by Gasteiger charge is 2.20. The number of hydrogen-bond acceptors (Lipinski definition) is 2. The van der Waals surface area contributed by atoms with Gasteiger partial charge in [-0.3, -0.25) is 0 Å². The first-order chi connectivity index (χ1) is 24.8. The molecule has 3 heterocycles. The first-order valence-electron chi connectivity index (χ1n) is 16.9. The topological polar surface area (TPSA) is 35.6 Å². The van der Waals surface area contributed by atoms with Crippen LogP contribution in [0.2, 0.25) is 0 Å². The number of rotatable bonds is 5. The van der Waals surface area contributed by atoms with E-state index < -0.39 is 0 Å². The lowest BCUT2D eigenvalue weighted by Crippen LogP contribution is -2.01. The van der Waals surface area contributed by atoms with E-state index in [0.29, 0.717) is 5.82 Å². The van der Waals surface area contributed by atoms with Gasteiger partial charge in [-0.25, -0.2) is 9.97 Å². The van der Waals surface area contributed by atoms with Gasteiger partial charge >= 0.3 is 0 Å². The quantitative estimate of drug-likeness (QED) is 0.188. The highest BCUT2D eigenvalue weighted by Crippen LogP contribution is 2.40. The zero-order valence-electron chi connectivity index (χ0n) is 27.1. The van der Waals surface area contributed by atoms with Crippen molar-refractivity contribution in [2.24, 2.45) is 0 Å². The summed E-state index contributed by atoms with van der Waals surface area (Å²) >= 11 is 0. The Balaban J connectivity index is 1.24. The molecule has 0 aliphatic rings. The van der Waals surface area contributed by atoms with Gasteiger partial charge in [0, 0.05) is 43.9 Å². The maximum absolute atomic E-state index is 5.15. The van der Waals surface area contributed by atoms with E-state index >= 15 is 0 Å². The Hall–Kier alpha value is -6.78. The molecule has 0 atom stereocenters. The van der Waals surface area contributed by atoms with Crippen LogP contribution in [0.15, 0.2) is 182 Å². The number of para-hydroxylation sites is 4. The van der Waals surface area contributed by atoms with Crippen LogP contribution in [-0.4, -0.2) is 19.1 Å². The highest BCUT2D eigenvalue weighted by atomic mass is 15.1. The molecular formula is C46H30N4. The van der Waals surface area contributed by atoms with Crippen molar-refractivity contribution in [3.05, 3.63) is 182 Å². The molecule has 50 heavy (non-hydrogen) atoms. The molecule has 234 valence electrons. The SMILES string of the molecule is c1ccc(-c2cc(-c3ccccc3)nc(-c3cccc(-n4c5ccccc5c5cccc(-n6c7ccccc7c7ccccc76)c54)c3)n2)cc1. The van der Waals surface area contributed by atoms with Crippen LogP contribution in [0.4, 0.5) is 0 Å². The molecule has 4 heteroatoms. The van der Waals surface area contributed by atoms with E-state index in [1.165, 1.54) is 32.6 Å². The van der Waals surface area contributed by atoms with Gasteiger partial charge in [0.05, 0.1) is 39.1 Å². The van der Waals surface area contributed by atoms with Gasteiger partial charge in [0.2, 0.25) is 0 Å². The fraction of sp³-hybridized carbons (Fsp3) is 0. The van der Waals surface area contributed by atoms with Crippen molar-refractivity contribution in [2.45, 2.75) is 0 Å². The van der Waals surface area contributed by atoms with Crippen LogP contribution in [0.1, 0.15) is 0 Å². The van der Waals surface area contributed by atoms with E-state index in [0.717, 1.165) is 50.5 Å². The third-order valence-electron chi connectivity index (χ3n) is 9.72. The van der Waals surface area contributed by atoms with Crippen LogP contribution in [0.25, 0.3) is 88.9 Å². The first-order valence-corrected chi connectivity index (χ1v) is 16.9. The Morgan fingerprint density at radius 2 is 0.800 bits per heavy atom. The Bertz CT molecular complexity index is 2750. The number of nitrogens with zero attached hydrogens (tertiary/aromatic N) is 4. The van der Waals surface area contributed by atoms with Crippen molar-refractivity contribution >= 4 is 43.6 Å². The zero-order chi connectivity index (χ0) is 33.0. The Labute approximate surface area is 289 Å². The molecule has 0 aliphatic carbocycles. The summed E-state index contributed by atoms with van der Waals surface area (Å²) in [6.45, 7) is 0. The van der Waals surface area contributed by atoms with Gasteiger partial charge < -0.3 is 9.13 Å². The maximum Gasteiger partial charge on any atom is 0.160 e. The summed E-state index contributed by atoms with van der Waals surface area (Å²) in [6.07, 6.45) is 0. The zero-order valence-corrected chi connectivity index (χ0v) is 27.1. The van der Waals surface area contributed by atoms with Crippen LogP contribution < -0.4 is 0 Å². The van der Waals surface area contributed by atoms with Crippen LogP contribution in [0.3, 0.4) is 0 Å². The Kier molecular flexibility index (Phi) is 6.46. The minimum absolute atomic E-state index is 0.690. The molecule has 0 unspecified atom stereocenters. The molecule has 0 fully saturated rings. The molecule has 4 nitrogen and oxygen atoms in total. The van der Waals surface area contributed by atoms with Gasteiger partial charge in [0.15, 0.2) is 5.82 Å².